The number of piperidine rings is 1. The first kappa shape index (κ1) is 17.9. The van der Waals surface area contributed by atoms with Crippen molar-refractivity contribution in [1.29, 1.82) is 0 Å². The summed E-state index contributed by atoms with van der Waals surface area (Å²) in [5, 5.41) is 0.625. The molecule has 1 fully saturated rings. The van der Waals surface area contributed by atoms with Crippen LogP contribution in [0.4, 0.5) is 10.2 Å². The number of hydrogen-bond acceptors (Lipinski definition) is 4. The fourth-order valence-electron chi connectivity index (χ4n) is 3.54. The van der Waals surface area contributed by atoms with E-state index in [1.165, 1.54) is 17.1 Å². The summed E-state index contributed by atoms with van der Waals surface area (Å²) in [6.45, 7) is 3.57. The van der Waals surface area contributed by atoms with E-state index in [0.29, 0.717) is 27.4 Å². The van der Waals surface area contributed by atoms with Crippen molar-refractivity contribution < 1.29 is 4.39 Å². The minimum absolute atomic E-state index is 0.237. The zero-order valence-corrected chi connectivity index (χ0v) is 16.1. The standard InChI is InChI=1S/C20H20ClFN4O/c1-12-23-16-11-17(26-8-4-3-5-9-26)24-19(18(16)20(27)25(12)2)14-7-6-13(21)10-15(14)22/h6-7,10-11H,3-5,8-9H2,1-2H3. The van der Waals surface area contributed by atoms with E-state index < -0.39 is 5.82 Å². The topological polar surface area (TPSA) is 51.0 Å². The fraction of sp³-hybridized carbons (Fsp3) is 0.350. The van der Waals surface area contributed by atoms with Gasteiger partial charge in [-0.1, -0.05) is 11.6 Å². The van der Waals surface area contributed by atoms with Gasteiger partial charge in [-0.25, -0.2) is 14.4 Å². The van der Waals surface area contributed by atoms with E-state index in [2.05, 4.69) is 9.88 Å². The van der Waals surface area contributed by atoms with Gasteiger partial charge in [0.05, 0.1) is 16.6 Å². The molecule has 5 nitrogen and oxygen atoms in total. The number of halogens is 2. The molecule has 0 aliphatic carbocycles. The molecule has 0 amide bonds. The molecular formula is C20H20ClFN4O. The summed E-state index contributed by atoms with van der Waals surface area (Å²) in [4.78, 5) is 24.4. The van der Waals surface area contributed by atoms with Crippen molar-refractivity contribution >= 4 is 28.3 Å². The third-order valence-electron chi connectivity index (χ3n) is 5.14. The molecule has 0 atom stereocenters. The lowest BCUT2D eigenvalue weighted by Gasteiger charge is -2.28. The number of hydrogen-bond donors (Lipinski definition) is 0. The highest BCUT2D eigenvalue weighted by molar-refractivity contribution is 6.30. The molecule has 3 aromatic rings. The predicted octanol–water partition coefficient (Wildman–Crippen LogP) is 4.09. The molecule has 1 aromatic carbocycles. The van der Waals surface area contributed by atoms with Gasteiger partial charge in [-0.15, -0.1) is 0 Å². The Kier molecular flexibility index (Phi) is 4.60. The van der Waals surface area contributed by atoms with E-state index in [4.69, 9.17) is 16.6 Å². The summed E-state index contributed by atoms with van der Waals surface area (Å²) in [6.07, 6.45) is 3.38. The summed E-state index contributed by atoms with van der Waals surface area (Å²) in [7, 11) is 1.66. The van der Waals surface area contributed by atoms with Gasteiger partial charge in [-0.05, 0) is 44.4 Å². The minimum atomic E-state index is -0.505. The number of fused-ring (bicyclic) bond motifs is 1. The van der Waals surface area contributed by atoms with Gasteiger partial charge in [-0.2, -0.15) is 0 Å². The van der Waals surface area contributed by atoms with Gasteiger partial charge in [-0.3, -0.25) is 9.36 Å². The van der Waals surface area contributed by atoms with Crippen molar-refractivity contribution in [2.24, 2.45) is 7.05 Å². The number of nitrogens with zero attached hydrogens (tertiary/aromatic N) is 4. The van der Waals surface area contributed by atoms with E-state index >= 15 is 0 Å². The molecule has 4 rings (SSSR count). The van der Waals surface area contributed by atoms with Crippen LogP contribution in [0.15, 0.2) is 29.1 Å². The highest BCUT2D eigenvalue weighted by Crippen LogP contribution is 2.31. The van der Waals surface area contributed by atoms with Crippen molar-refractivity contribution in [2.45, 2.75) is 26.2 Å². The zero-order valence-electron chi connectivity index (χ0n) is 15.3. The number of aryl methyl sites for hydroxylation is 1. The SMILES string of the molecule is Cc1nc2cc(N3CCCCC3)nc(-c3ccc(Cl)cc3F)c2c(=O)n1C. The molecule has 27 heavy (non-hydrogen) atoms. The molecule has 0 unspecified atom stereocenters. The van der Waals surface area contributed by atoms with Crippen LogP contribution in [0, 0.1) is 12.7 Å². The van der Waals surface area contributed by atoms with Gasteiger partial charge >= 0.3 is 0 Å². The third-order valence-corrected chi connectivity index (χ3v) is 5.37. The Balaban J connectivity index is 2.04. The van der Waals surface area contributed by atoms with Crippen LogP contribution in [0.1, 0.15) is 25.1 Å². The molecule has 2 aromatic heterocycles. The van der Waals surface area contributed by atoms with Crippen molar-refractivity contribution in [3.05, 3.63) is 51.3 Å². The smallest absolute Gasteiger partial charge is 0.263 e. The quantitative estimate of drug-likeness (QED) is 0.665. The lowest BCUT2D eigenvalue weighted by Crippen LogP contribution is -2.30. The maximum Gasteiger partial charge on any atom is 0.263 e. The predicted molar refractivity (Wildman–Crippen MR) is 106 cm³/mol. The second-order valence-electron chi connectivity index (χ2n) is 6.92. The lowest BCUT2D eigenvalue weighted by molar-refractivity contribution is 0.573. The highest BCUT2D eigenvalue weighted by atomic mass is 35.5. The number of anilines is 1. The summed E-state index contributed by atoms with van der Waals surface area (Å²) >= 11 is 5.91. The number of rotatable bonds is 2. The fourth-order valence-corrected chi connectivity index (χ4v) is 3.70. The summed E-state index contributed by atoms with van der Waals surface area (Å²) in [6, 6.07) is 6.25. The average molecular weight is 387 g/mol. The Hall–Kier alpha value is -2.47. The van der Waals surface area contributed by atoms with Crippen LogP contribution < -0.4 is 10.5 Å². The summed E-state index contributed by atoms with van der Waals surface area (Å²) in [5.74, 6) is 0.826. The molecule has 0 spiro atoms. The van der Waals surface area contributed by atoms with E-state index in [9.17, 15) is 9.18 Å². The number of pyridine rings is 1. The van der Waals surface area contributed by atoms with Crippen LogP contribution in [0.2, 0.25) is 5.02 Å². The van der Waals surface area contributed by atoms with Gasteiger partial charge in [0.1, 0.15) is 17.5 Å². The Morgan fingerprint density at radius 3 is 2.56 bits per heavy atom. The summed E-state index contributed by atoms with van der Waals surface area (Å²) < 4.78 is 16.1. The zero-order chi connectivity index (χ0) is 19.1. The van der Waals surface area contributed by atoms with Crippen LogP contribution in [-0.4, -0.2) is 27.6 Å². The minimum Gasteiger partial charge on any atom is -0.357 e. The van der Waals surface area contributed by atoms with E-state index in [0.717, 1.165) is 31.7 Å². The van der Waals surface area contributed by atoms with Crippen molar-refractivity contribution in [3.63, 3.8) is 0 Å². The van der Waals surface area contributed by atoms with Crippen LogP contribution >= 0.6 is 11.6 Å². The highest BCUT2D eigenvalue weighted by Gasteiger charge is 2.21. The van der Waals surface area contributed by atoms with Crippen LogP contribution in [0.5, 0.6) is 0 Å². The van der Waals surface area contributed by atoms with E-state index in [-0.39, 0.29) is 11.1 Å². The Bertz CT molecular complexity index is 1090. The monoisotopic (exact) mass is 386 g/mol. The summed E-state index contributed by atoms with van der Waals surface area (Å²) in [5.41, 5.74) is 0.872. The second-order valence-corrected chi connectivity index (χ2v) is 7.35. The average Bonchev–Trinajstić information content (AvgIpc) is 2.66. The second kappa shape index (κ2) is 6.93. The third kappa shape index (κ3) is 3.18. The maximum absolute atomic E-state index is 14.7. The molecule has 3 heterocycles. The van der Waals surface area contributed by atoms with Crippen LogP contribution in [0.25, 0.3) is 22.2 Å². The first-order valence-corrected chi connectivity index (χ1v) is 9.42. The molecule has 0 bridgehead atoms. The van der Waals surface area contributed by atoms with Crippen molar-refractivity contribution in [1.82, 2.24) is 14.5 Å². The van der Waals surface area contributed by atoms with Crippen molar-refractivity contribution in [2.75, 3.05) is 18.0 Å². The molecule has 7 heteroatoms. The molecule has 0 N–H and O–H groups in total. The molecule has 1 aliphatic heterocycles. The van der Waals surface area contributed by atoms with Crippen molar-refractivity contribution in [3.8, 4) is 11.3 Å². The Morgan fingerprint density at radius 1 is 1.11 bits per heavy atom. The molecular weight excluding hydrogens is 367 g/mol. The first-order valence-electron chi connectivity index (χ1n) is 9.04. The normalized spacial score (nSPS) is 14.7. The van der Waals surface area contributed by atoms with Gasteiger partial charge < -0.3 is 4.90 Å². The largest absolute Gasteiger partial charge is 0.357 e. The number of aromatic nitrogens is 3. The Labute approximate surface area is 161 Å². The first-order chi connectivity index (χ1) is 13.0. The molecule has 0 radical (unpaired) electrons. The molecule has 140 valence electrons. The van der Waals surface area contributed by atoms with Crippen LogP contribution in [0.3, 0.4) is 0 Å². The Morgan fingerprint density at radius 2 is 1.85 bits per heavy atom. The maximum atomic E-state index is 14.7. The number of benzene rings is 1. The van der Waals surface area contributed by atoms with E-state index in [1.54, 1.807) is 26.1 Å². The molecule has 1 saturated heterocycles. The van der Waals surface area contributed by atoms with Gasteiger partial charge in [0.15, 0.2) is 0 Å². The molecule has 1 aliphatic rings. The van der Waals surface area contributed by atoms with E-state index in [1.807, 2.05) is 6.07 Å². The lowest BCUT2D eigenvalue weighted by atomic mass is 10.1. The van der Waals surface area contributed by atoms with Gasteiger partial charge in [0.2, 0.25) is 0 Å². The van der Waals surface area contributed by atoms with Gasteiger partial charge in [0, 0.05) is 36.8 Å². The molecule has 0 saturated carbocycles. The van der Waals surface area contributed by atoms with Crippen LogP contribution in [-0.2, 0) is 7.05 Å². The van der Waals surface area contributed by atoms with Gasteiger partial charge in [0.25, 0.3) is 5.56 Å².